The molecule has 1 heterocycles. The molecular formula is C28H24Cl2FNO4. The van der Waals surface area contributed by atoms with E-state index in [1.807, 2.05) is 20.8 Å². The average molecular weight is 528 g/mol. The molecule has 1 amide bonds. The van der Waals surface area contributed by atoms with Gasteiger partial charge in [-0.05, 0) is 72.5 Å². The summed E-state index contributed by atoms with van der Waals surface area (Å²) < 4.78 is 19.8. The minimum atomic E-state index is -1.06. The first kappa shape index (κ1) is 25.7. The molecule has 1 aliphatic heterocycles. The van der Waals surface area contributed by atoms with Gasteiger partial charge in [0.1, 0.15) is 17.3 Å². The number of hydrogen-bond acceptors (Lipinski definition) is 4. The van der Waals surface area contributed by atoms with Crippen LogP contribution in [-0.2, 0) is 9.59 Å². The van der Waals surface area contributed by atoms with Crippen molar-refractivity contribution < 1.29 is 23.8 Å². The quantitative estimate of drug-likeness (QED) is 0.207. The van der Waals surface area contributed by atoms with Gasteiger partial charge in [-0.2, -0.15) is 0 Å². The lowest BCUT2D eigenvalue weighted by Gasteiger charge is -2.26. The van der Waals surface area contributed by atoms with E-state index >= 15 is 0 Å². The van der Waals surface area contributed by atoms with Crippen LogP contribution in [0.25, 0.3) is 5.76 Å². The minimum absolute atomic E-state index is 0.0693. The number of amides is 1. The Balaban J connectivity index is 1.96. The Bertz CT molecular complexity index is 1390. The molecule has 0 aliphatic carbocycles. The van der Waals surface area contributed by atoms with Crippen LogP contribution < -0.4 is 9.64 Å². The zero-order chi connectivity index (χ0) is 26.1. The molecule has 0 aromatic heterocycles. The van der Waals surface area contributed by atoms with Crippen molar-refractivity contribution in [2.24, 2.45) is 0 Å². The molecule has 0 bridgehead atoms. The van der Waals surface area contributed by atoms with Gasteiger partial charge >= 0.3 is 0 Å². The SMILES string of the molecule is CCOc1ccc(/C(O)=C2/C(=O)C(=O)N(c3cccc(F)c3)C2c2ccc(Cl)c(Cl)c2)cc1C(C)C. The van der Waals surface area contributed by atoms with E-state index in [2.05, 4.69) is 0 Å². The lowest BCUT2D eigenvalue weighted by molar-refractivity contribution is -0.132. The Morgan fingerprint density at radius 2 is 1.81 bits per heavy atom. The van der Waals surface area contributed by atoms with Gasteiger partial charge in [-0.1, -0.05) is 49.2 Å². The van der Waals surface area contributed by atoms with Crippen molar-refractivity contribution in [2.45, 2.75) is 32.7 Å². The molecule has 3 aromatic rings. The Kier molecular flexibility index (Phi) is 7.38. The molecule has 1 saturated heterocycles. The van der Waals surface area contributed by atoms with Gasteiger partial charge in [0.15, 0.2) is 0 Å². The molecule has 36 heavy (non-hydrogen) atoms. The van der Waals surface area contributed by atoms with Gasteiger partial charge in [-0.3, -0.25) is 14.5 Å². The highest BCUT2D eigenvalue weighted by Crippen LogP contribution is 2.44. The molecule has 8 heteroatoms. The summed E-state index contributed by atoms with van der Waals surface area (Å²) in [5.74, 6) is -1.98. The molecule has 1 N–H and O–H groups in total. The fourth-order valence-electron chi connectivity index (χ4n) is 4.31. The summed E-state index contributed by atoms with van der Waals surface area (Å²) in [6.45, 7) is 6.32. The van der Waals surface area contributed by atoms with E-state index in [1.165, 1.54) is 24.3 Å². The third-order valence-corrected chi connectivity index (χ3v) is 6.73. The van der Waals surface area contributed by atoms with Crippen LogP contribution in [0, 0.1) is 5.82 Å². The number of carbonyl (C=O) groups excluding carboxylic acids is 2. The number of aliphatic hydroxyl groups excluding tert-OH is 1. The number of carbonyl (C=O) groups is 2. The summed E-state index contributed by atoms with van der Waals surface area (Å²) in [5, 5.41) is 11.9. The van der Waals surface area contributed by atoms with Crippen LogP contribution in [0.5, 0.6) is 5.75 Å². The van der Waals surface area contributed by atoms with Crippen molar-refractivity contribution in [2.75, 3.05) is 11.5 Å². The average Bonchev–Trinajstić information content (AvgIpc) is 3.11. The molecule has 3 aromatic carbocycles. The van der Waals surface area contributed by atoms with Crippen LogP contribution in [0.4, 0.5) is 10.1 Å². The lowest BCUT2D eigenvalue weighted by atomic mass is 9.93. The van der Waals surface area contributed by atoms with Gasteiger partial charge in [0, 0.05) is 11.3 Å². The highest BCUT2D eigenvalue weighted by atomic mass is 35.5. The predicted molar refractivity (Wildman–Crippen MR) is 139 cm³/mol. The Labute approximate surface area is 218 Å². The van der Waals surface area contributed by atoms with Gasteiger partial charge in [0.2, 0.25) is 0 Å². The highest BCUT2D eigenvalue weighted by molar-refractivity contribution is 6.51. The van der Waals surface area contributed by atoms with Crippen molar-refractivity contribution in [3.8, 4) is 5.75 Å². The van der Waals surface area contributed by atoms with Crippen LogP contribution in [0.1, 0.15) is 49.4 Å². The maximum atomic E-state index is 14.1. The number of halogens is 3. The number of ketones is 1. The normalized spacial score (nSPS) is 17.2. The smallest absolute Gasteiger partial charge is 0.300 e. The summed E-state index contributed by atoms with van der Waals surface area (Å²) in [5.41, 5.74) is 1.66. The number of hydrogen-bond donors (Lipinski definition) is 1. The minimum Gasteiger partial charge on any atom is -0.507 e. The largest absolute Gasteiger partial charge is 0.507 e. The summed E-state index contributed by atoms with van der Waals surface area (Å²) >= 11 is 12.4. The molecular weight excluding hydrogens is 504 g/mol. The van der Waals surface area contributed by atoms with Gasteiger partial charge in [-0.15, -0.1) is 0 Å². The molecule has 0 spiro atoms. The highest BCUT2D eigenvalue weighted by Gasteiger charge is 2.47. The molecule has 0 saturated carbocycles. The zero-order valence-electron chi connectivity index (χ0n) is 19.9. The number of anilines is 1. The maximum absolute atomic E-state index is 14.1. The van der Waals surface area contributed by atoms with E-state index in [4.69, 9.17) is 27.9 Å². The third-order valence-electron chi connectivity index (χ3n) is 6.00. The lowest BCUT2D eigenvalue weighted by Crippen LogP contribution is -2.29. The third kappa shape index (κ3) is 4.71. The Hall–Kier alpha value is -3.35. The van der Waals surface area contributed by atoms with Gasteiger partial charge in [0.05, 0.1) is 28.3 Å². The second kappa shape index (κ2) is 10.3. The van der Waals surface area contributed by atoms with E-state index < -0.39 is 23.5 Å². The topological polar surface area (TPSA) is 66.8 Å². The molecule has 1 unspecified atom stereocenters. The number of nitrogens with zero attached hydrogens (tertiary/aromatic N) is 1. The van der Waals surface area contributed by atoms with Crippen LogP contribution in [0.2, 0.25) is 10.0 Å². The van der Waals surface area contributed by atoms with Gasteiger partial charge < -0.3 is 9.84 Å². The molecule has 1 fully saturated rings. The zero-order valence-corrected chi connectivity index (χ0v) is 21.4. The summed E-state index contributed by atoms with van der Waals surface area (Å²) in [4.78, 5) is 27.7. The van der Waals surface area contributed by atoms with Crippen molar-refractivity contribution in [1.29, 1.82) is 0 Å². The second-order valence-electron chi connectivity index (χ2n) is 8.66. The standard InChI is InChI=1S/C28H24Cl2FNO4/c1-4-36-23-11-9-17(12-20(23)15(2)3)26(33)24-25(16-8-10-21(29)22(30)13-16)32(28(35)27(24)34)19-7-5-6-18(31)14-19/h5-15,25,33H,4H2,1-3H3/b26-24-. The van der Waals surface area contributed by atoms with Crippen molar-refractivity contribution in [1.82, 2.24) is 0 Å². The van der Waals surface area contributed by atoms with E-state index in [0.717, 1.165) is 16.5 Å². The van der Waals surface area contributed by atoms with Crippen molar-refractivity contribution in [3.63, 3.8) is 0 Å². The number of aliphatic hydroxyl groups is 1. The fourth-order valence-corrected chi connectivity index (χ4v) is 4.62. The predicted octanol–water partition coefficient (Wildman–Crippen LogP) is 7.28. The monoisotopic (exact) mass is 527 g/mol. The van der Waals surface area contributed by atoms with E-state index in [9.17, 15) is 19.1 Å². The van der Waals surface area contributed by atoms with E-state index in [-0.39, 0.29) is 33.0 Å². The van der Waals surface area contributed by atoms with E-state index in [0.29, 0.717) is 23.5 Å². The summed E-state index contributed by atoms with van der Waals surface area (Å²) in [6.07, 6.45) is 0. The molecule has 186 valence electrons. The number of benzene rings is 3. The first-order valence-electron chi connectivity index (χ1n) is 11.4. The van der Waals surface area contributed by atoms with Crippen molar-refractivity contribution >= 4 is 46.3 Å². The molecule has 1 aliphatic rings. The van der Waals surface area contributed by atoms with E-state index in [1.54, 1.807) is 30.3 Å². The number of ether oxygens (including phenoxy) is 1. The first-order valence-corrected chi connectivity index (χ1v) is 12.2. The first-order chi connectivity index (χ1) is 17.1. The molecule has 5 nitrogen and oxygen atoms in total. The van der Waals surface area contributed by atoms with Crippen LogP contribution in [-0.4, -0.2) is 23.4 Å². The fraction of sp³-hybridized carbons (Fsp3) is 0.214. The van der Waals surface area contributed by atoms with Crippen LogP contribution >= 0.6 is 23.2 Å². The maximum Gasteiger partial charge on any atom is 0.300 e. The van der Waals surface area contributed by atoms with Crippen LogP contribution in [0.3, 0.4) is 0 Å². The Morgan fingerprint density at radius 3 is 2.44 bits per heavy atom. The van der Waals surface area contributed by atoms with Gasteiger partial charge in [-0.25, -0.2) is 4.39 Å². The summed E-state index contributed by atoms with van der Waals surface area (Å²) in [6, 6.07) is 14.1. The van der Waals surface area contributed by atoms with Crippen molar-refractivity contribution in [3.05, 3.63) is 98.8 Å². The number of Topliss-reactive ketones (excluding diaryl/α,β-unsaturated/α-hetero) is 1. The molecule has 1 atom stereocenters. The summed E-state index contributed by atoms with van der Waals surface area (Å²) in [7, 11) is 0. The molecule has 4 rings (SSSR count). The molecule has 0 radical (unpaired) electrons. The second-order valence-corrected chi connectivity index (χ2v) is 9.48. The number of rotatable bonds is 6. The van der Waals surface area contributed by atoms with Gasteiger partial charge in [0.25, 0.3) is 11.7 Å². The Morgan fingerprint density at radius 1 is 1.06 bits per heavy atom. The van der Waals surface area contributed by atoms with Crippen LogP contribution in [0.15, 0.2) is 66.2 Å².